The summed E-state index contributed by atoms with van der Waals surface area (Å²) < 4.78 is 7.97. The molecule has 10 heteroatoms. The predicted octanol–water partition coefficient (Wildman–Crippen LogP) is 3.33. The van der Waals surface area contributed by atoms with Gasteiger partial charge >= 0.3 is 0 Å². The molecule has 2 aromatic heterocycles. The van der Waals surface area contributed by atoms with Crippen LogP contribution in [0.4, 0.5) is 5.13 Å². The molecule has 1 atom stereocenters. The first-order valence-electron chi connectivity index (χ1n) is 8.42. The fraction of sp³-hybridized carbons (Fsp3) is 0.353. The third kappa shape index (κ3) is 5.04. The SMILES string of the molecule is CCn1c(SCC(=O)Nc2nncs2)nnc1C(C)Oc1cccc(C)c1. The quantitative estimate of drug-likeness (QED) is 0.575. The lowest BCUT2D eigenvalue weighted by molar-refractivity contribution is -0.113. The van der Waals surface area contributed by atoms with Crippen LogP contribution in [0.25, 0.3) is 0 Å². The number of aromatic nitrogens is 5. The molecule has 0 saturated carbocycles. The second-order valence-electron chi connectivity index (χ2n) is 5.74. The first-order chi connectivity index (χ1) is 13.1. The molecule has 0 bridgehead atoms. The number of carbonyl (C=O) groups is 1. The Balaban J connectivity index is 1.64. The molecule has 1 aromatic carbocycles. The zero-order valence-electron chi connectivity index (χ0n) is 15.2. The molecule has 27 heavy (non-hydrogen) atoms. The summed E-state index contributed by atoms with van der Waals surface area (Å²) in [4.78, 5) is 12.0. The van der Waals surface area contributed by atoms with Crippen molar-refractivity contribution in [1.82, 2.24) is 25.0 Å². The van der Waals surface area contributed by atoms with Crippen LogP contribution in [-0.4, -0.2) is 36.6 Å². The summed E-state index contributed by atoms with van der Waals surface area (Å²) in [6.07, 6.45) is -0.260. The van der Waals surface area contributed by atoms with Gasteiger partial charge in [0.1, 0.15) is 11.3 Å². The van der Waals surface area contributed by atoms with Gasteiger partial charge in [0.15, 0.2) is 17.1 Å². The highest BCUT2D eigenvalue weighted by molar-refractivity contribution is 7.99. The zero-order valence-corrected chi connectivity index (χ0v) is 16.9. The summed E-state index contributed by atoms with van der Waals surface area (Å²) in [5, 5.41) is 19.9. The van der Waals surface area contributed by atoms with E-state index in [1.807, 2.05) is 49.6 Å². The van der Waals surface area contributed by atoms with E-state index >= 15 is 0 Å². The number of thioether (sulfide) groups is 1. The van der Waals surface area contributed by atoms with Crippen LogP contribution < -0.4 is 10.1 Å². The minimum Gasteiger partial charge on any atom is -0.483 e. The molecule has 0 spiro atoms. The Bertz CT molecular complexity index is 897. The number of nitrogens with one attached hydrogen (secondary N) is 1. The average molecular weight is 405 g/mol. The number of aryl methyl sites for hydroxylation is 1. The molecule has 1 amide bonds. The number of benzene rings is 1. The van der Waals surface area contributed by atoms with Crippen molar-refractivity contribution in [1.29, 1.82) is 0 Å². The van der Waals surface area contributed by atoms with E-state index in [0.29, 0.717) is 16.8 Å². The van der Waals surface area contributed by atoms with Crippen LogP contribution in [0.15, 0.2) is 34.9 Å². The summed E-state index contributed by atoms with van der Waals surface area (Å²) in [5.74, 6) is 1.57. The Labute approximate surface area is 165 Å². The van der Waals surface area contributed by atoms with Crippen molar-refractivity contribution < 1.29 is 9.53 Å². The summed E-state index contributed by atoms with van der Waals surface area (Å²) in [5.41, 5.74) is 2.70. The van der Waals surface area contributed by atoms with Crippen molar-refractivity contribution in [2.45, 2.75) is 38.6 Å². The van der Waals surface area contributed by atoms with Crippen molar-refractivity contribution in [2.24, 2.45) is 0 Å². The monoisotopic (exact) mass is 404 g/mol. The number of amides is 1. The Kier molecular flexibility index (Phi) is 6.40. The topological polar surface area (TPSA) is 94.8 Å². The number of hydrogen-bond acceptors (Lipinski definition) is 8. The van der Waals surface area contributed by atoms with Crippen LogP contribution in [0.5, 0.6) is 5.75 Å². The molecular formula is C17H20N6O2S2. The Morgan fingerprint density at radius 2 is 2.22 bits per heavy atom. The highest BCUT2D eigenvalue weighted by Crippen LogP contribution is 2.25. The van der Waals surface area contributed by atoms with Crippen LogP contribution in [-0.2, 0) is 11.3 Å². The van der Waals surface area contributed by atoms with Gasteiger partial charge in [-0.25, -0.2) is 0 Å². The molecule has 8 nitrogen and oxygen atoms in total. The maximum Gasteiger partial charge on any atom is 0.236 e. The minimum atomic E-state index is -0.260. The number of nitrogens with zero attached hydrogens (tertiary/aromatic N) is 5. The molecule has 0 aliphatic heterocycles. The molecule has 1 unspecified atom stereocenters. The first-order valence-corrected chi connectivity index (χ1v) is 10.3. The second-order valence-corrected chi connectivity index (χ2v) is 7.52. The van der Waals surface area contributed by atoms with Gasteiger partial charge in [0, 0.05) is 6.54 Å². The van der Waals surface area contributed by atoms with Gasteiger partial charge in [0.2, 0.25) is 11.0 Å². The third-order valence-corrected chi connectivity index (χ3v) is 5.24. The third-order valence-electron chi connectivity index (χ3n) is 3.67. The standard InChI is InChI=1S/C17H20N6O2S2/c1-4-23-15(12(3)25-13-7-5-6-11(2)8-13)20-22-17(23)26-9-14(24)19-16-21-18-10-27-16/h5-8,10,12H,4,9H2,1-3H3,(H,19,21,24). The van der Waals surface area contributed by atoms with Crippen LogP contribution in [0, 0.1) is 6.92 Å². The van der Waals surface area contributed by atoms with Gasteiger partial charge in [0.25, 0.3) is 0 Å². The van der Waals surface area contributed by atoms with Crippen LogP contribution in [0.2, 0.25) is 0 Å². The molecule has 0 fully saturated rings. The summed E-state index contributed by atoms with van der Waals surface area (Å²) >= 11 is 2.60. The van der Waals surface area contributed by atoms with Gasteiger partial charge in [-0.1, -0.05) is 35.2 Å². The lowest BCUT2D eigenvalue weighted by atomic mass is 10.2. The smallest absolute Gasteiger partial charge is 0.236 e. The van der Waals surface area contributed by atoms with Gasteiger partial charge in [-0.15, -0.1) is 20.4 Å². The van der Waals surface area contributed by atoms with Crippen molar-refractivity contribution in [3.05, 3.63) is 41.2 Å². The van der Waals surface area contributed by atoms with Gasteiger partial charge in [0.05, 0.1) is 5.75 Å². The number of rotatable bonds is 8. The van der Waals surface area contributed by atoms with Crippen molar-refractivity contribution in [3.8, 4) is 5.75 Å². The maximum absolute atomic E-state index is 12.0. The van der Waals surface area contributed by atoms with E-state index in [9.17, 15) is 4.79 Å². The van der Waals surface area contributed by atoms with Gasteiger partial charge in [-0.2, -0.15) is 0 Å². The molecule has 0 saturated heterocycles. The van der Waals surface area contributed by atoms with E-state index in [1.165, 1.54) is 23.1 Å². The van der Waals surface area contributed by atoms with E-state index in [4.69, 9.17) is 4.74 Å². The lowest BCUT2D eigenvalue weighted by Crippen LogP contribution is -2.15. The molecular weight excluding hydrogens is 384 g/mol. The molecule has 3 aromatic rings. The summed E-state index contributed by atoms with van der Waals surface area (Å²) in [6.45, 7) is 6.66. The Morgan fingerprint density at radius 1 is 1.37 bits per heavy atom. The number of hydrogen-bond donors (Lipinski definition) is 1. The van der Waals surface area contributed by atoms with Crippen LogP contribution in [0.1, 0.15) is 31.3 Å². The second kappa shape index (κ2) is 8.96. The molecule has 1 N–H and O–H groups in total. The number of anilines is 1. The molecule has 3 rings (SSSR count). The van der Waals surface area contributed by atoms with Crippen LogP contribution in [0.3, 0.4) is 0 Å². The van der Waals surface area contributed by atoms with E-state index in [-0.39, 0.29) is 17.8 Å². The number of ether oxygens (including phenoxy) is 1. The van der Waals surface area contributed by atoms with Gasteiger partial charge in [-0.3, -0.25) is 10.1 Å². The van der Waals surface area contributed by atoms with Crippen molar-refractivity contribution in [3.63, 3.8) is 0 Å². The summed E-state index contributed by atoms with van der Waals surface area (Å²) in [6, 6.07) is 7.88. The molecule has 0 aliphatic rings. The minimum absolute atomic E-state index is 0.159. The predicted molar refractivity (Wildman–Crippen MR) is 105 cm³/mol. The number of carbonyl (C=O) groups excluding carboxylic acids is 1. The molecule has 0 aliphatic carbocycles. The Morgan fingerprint density at radius 3 is 2.93 bits per heavy atom. The normalized spacial score (nSPS) is 12.0. The van der Waals surface area contributed by atoms with Gasteiger partial charge in [-0.05, 0) is 38.5 Å². The van der Waals surface area contributed by atoms with E-state index in [1.54, 1.807) is 5.51 Å². The van der Waals surface area contributed by atoms with E-state index in [0.717, 1.165) is 17.1 Å². The van der Waals surface area contributed by atoms with Crippen LogP contribution >= 0.6 is 23.1 Å². The Hall–Kier alpha value is -2.46. The molecule has 2 heterocycles. The highest BCUT2D eigenvalue weighted by atomic mass is 32.2. The fourth-order valence-corrected chi connectivity index (χ4v) is 3.73. The maximum atomic E-state index is 12.0. The van der Waals surface area contributed by atoms with Gasteiger partial charge < -0.3 is 9.30 Å². The molecule has 142 valence electrons. The molecule has 0 radical (unpaired) electrons. The summed E-state index contributed by atoms with van der Waals surface area (Å²) in [7, 11) is 0. The largest absolute Gasteiger partial charge is 0.483 e. The van der Waals surface area contributed by atoms with Crippen molar-refractivity contribution in [2.75, 3.05) is 11.1 Å². The van der Waals surface area contributed by atoms with Crippen molar-refractivity contribution >= 4 is 34.1 Å². The first kappa shape index (κ1) is 19.3. The highest BCUT2D eigenvalue weighted by Gasteiger charge is 2.19. The lowest BCUT2D eigenvalue weighted by Gasteiger charge is -2.15. The van der Waals surface area contributed by atoms with E-state index < -0.39 is 0 Å². The average Bonchev–Trinajstić information content (AvgIpc) is 3.29. The fourth-order valence-electron chi connectivity index (χ4n) is 2.46. The van der Waals surface area contributed by atoms with E-state index in [2.05, 4.69) is 25.7 Å². The zero-order chi connectivity index (χ0) is 19.2.